The van der Waals surface area contributed by atoms with Gasteiger partial charge in [0.2, 0.25) is 0 Å². The summed E-state index contributed by atoms with van der Waals surface area (Å²) in [5.74, 6) is 0.931. The van der Waals surface area contributed by atoms with E-state index < -0.39 is 0 Å². The molecule has 18 heavy (non-hydrogen) atoms. The Balaban J connectivity index is 1.80. The van der Waals surface area contributed by atoms with E-state index in [1.165, 1.54) is 25.7 Å². The van der Waals surface area contributed by atoms with E-state index in [0.29, 0.717) is 6.04 Å². The van der Waals surface area contributed by atoms with Crippen LogP contribution in [-0.4, -0.2) is 18.7 Å². The minimum Gasteiger partial charge on any atom is -0.489 e. The van der Waals surface area contributed by atoms with Gasteiger partial charge in [-0.2, -0.15) is 0 Å². The maximum Gasteiger partial charge on any atom is 0.122 e. The minimum absolute atomic E-state index is 0.186. The standard InChI is InChI=1S/C15H22ClNO/c1-11-9-13(16)7-8-15(11)18-12(2)10-17-14-5-3-4-6-14/h7-9,12,14,17H,3-6,10H2,1-2H3. The van der Waals surface area contributed by atoms with Crippen molar-refractivity contribution in [2.45, 2.75) is 51.7 Å². The highest BCUT2D eigenvalue weighted by Gasteiger charge is 2.15. The summed E-state index contributed by atoms with van der Waals surface area (Å²) in [6, 6.07) is 6.46. The van der Waals surface area contributed by atoms with Gasteiger partial charge in [-0.15, -0.1) is 0 Å². The number of benzene rings is 1. The Morgan fingerprint density at radius 2 is 2.11 bits per heavy atom. The zero-order valence-electron chi connectivity index (χ0n) is 11.2. The van der Waals surface area contributed by atoms with E-state index in [4.69, 9.17) is 16.3 Å². The summed E-state index contributed by atoms with van der Waals surface area (Å²) in [4.78, 5) is 0. The van der Waals surface area contributed by atoms with Crippen LogP contribution in [0.2, 0.25) is 5.02 Å². The lowest BCUT2D eigenvalue weighted by atomic mass is 10.2. The quantitative estimate of drug-likeness (QED) is 0.872. The van der Waals surface area contributed by atoms with Gasteiger partial charge < -0.3 is 10.1 Å². The highest BCUT2D eigenvalue weighted by molar-refractivity contribution is 6.30. The fraction of sp³-hybridized carbons (Fsp3) is 0.600. The van der Waals surface area contributed by atoms with Gasteiger partial charge in [-0.1, -0.05) is 24.4 Å². The molecule has 1 atom stereocenters. The third kappa shape index (κ3) is 3.89. The summed E-state index contributed by atoms with van der Waals surface area (Å²) >= 11 is 5.93. The van der Waals surface area contributed by atoms with Crippen molar-refractivity contribution >= 4 is 11.6 Å². The lowest BCUT2D eigenvalue weighted by Crippen LogP contribution is -2.35. The molecule has 1 aromatic carbocycles. The smallest absolute Gasteiger partial charge is 0.122 e. The Bertz CT molecular complexity index is 388. The Kier molecular flexibility index (Phi) is 4.90. The molecule has 1 N–H and O–H groups in total. The number of rotatable bonds is 5. The Labute approximate surface area is 115 Å². The van der Waals surface area contributed by atoms with Crippen LogP contribution in [0.25, 0.3) is 0 Å². The van der Waals surface area contributed by atoms with E-state index in [9.17, 15) is 0 Å². The second-order valence-corrected chi connectivity index (χ2v) is 5.66. The predicted octanol–water partition coefficient (Wildman–Crippen LogP) is 3.95. The second-order valence-electron chi connectivity index (χ2n) is 5.23. The van der Waals surface area contributed by atoms with Gasteiger partial charge >= 0.3 is 0 Å². The maximum absolute atomic E-state index is 5.94. The summed E-state index contributed by atoms with van der Waals surface area (Å²) in [7, 11) is 0. The third-order valence-corrected chi connectivity index (χ3v) is 3.75. The van der Waals surface area contributed by atoms with Gasteiger partial charge in [0.15, 0.2) is 0 Å². The molecule has 0 spiro atoms. The van der Waals surface area contributed by atoms with Crippen molar-refractivity contribution in [1.29, 1.82) is 0 Å². The van der Waals surface area contributed by atoms with E-state index in [1.807, 2.05) is 25.1 Å². The van der Waals surface area contributed by atoms with Gasteiger partial charge in [0, 0.05) is 17.6 Å². The van der Waals surface area contributed by atoms with Crippen molar-refractivity contribution in [2.75, 3.05) is 6.54 Å². The molecular weight excluding hydrogens is 246 g/mol. The predicted molar refractivity (Wildman–Crippen MR) is 76.5 cm³/mol. The molecule has 0 bridgehead atoms. The van der Waals surface area contributed by atoms with Gasteiger partial charge in [-0.25, -0.2) is 0 Å². The van der Waals surface area contributed by atoms with Crippen LogP contribution in [0.15, 0.2) is 18.2 Å². The highest BCUT2D eigenvalue weighted by Crippen LogP contribution is 2.23. The molecular formula is C15H22ClNO. The average Bonchev–Trinajstić information content (AvgIpc) is 2.83. The molecule has 100 valence electrons. The molecule has 1 aliphatic rings. The first-order valence-electron chi connectivity index (χ1n) is 6.81. The van der Waals surface area contributed by atoms with E-state index in [1.54, 1.807) is 0 Å². The molecule has 0 heterocycles. The number of hydrogen-bond donors (Lipinski definition) is 1. The molecule has 0 aromatic heterocycles. The lowest BCUT2D eigenvalue weighted by Gasteiger charge is -2.19. The summed E-state index contributed by atoms with van der Waals surface area (Å²) in [5.41, 5.74) is 1.09. The Morgan fingerprint density at radius 3 is 2.78 bits per heavy atom. The molecule has 1 saturated carbocycles. The molecule has 0 saturated heterocycles. The molecule has 0 aliphatic heterocycles. The first kappa shape index (κ1) is 13.7. The average molecular weight is 268 g/mol. The zero-order valence-corrected chi connectivity index (χ0v) is 12.0. The maximum atomic E-state index is 5.94. The van der Waals surface area contributed by atoms with Crippen LogP contribution in [0, 0.1) is 6.92 Å². The van der Waals surface area contributed by atoms with Crippen LogP contribution in [0.4, 0.5) is 0 Å². The van der Waals surface area contributed by atoms with Crippen LogP contribution in [-0.2, 0) is 0 Å². The number of halogens is 1. The van der Waals surface area contributed by atoms with Crippen molar-refractivity contribution in [3.05, 3.63) is 28.8 Å². The van der Waals surface area contributed by atoms with Gasteiger partial charge in [0.25, 0.3) is 0 Å². The summed E-state index contributed by atoms with van der Waals surface area (Å²) in [6.07, 6.45) is 5.54. The molecule has 2 rings (SSSR count). The van der Waals surface area contributed by atoms with E-state index in [2.05, 4.69) is 12.2 Å². The Hall–Kier alpha value is -0.730. The minimum atomic E-state index is 0.186. The van der Waals surface area contributed by atoms with Crippen LogP contribution in [0.3, 0.4) is 0 Å². The fourth-order valence-corrected chi connectivity index (χ4v) is 2.69. The number of hydrogen-bond acceptors (Lipinski definition) is 2. The van der Waals surface area contributed by atoms with Crippen LogP contribution in [0.5, 0.6) is 5.75 Å². The van der Waals surface area contributed by atoms with Crippen molar-refractivity contribution in [3.63, 3.8) is 0 Å². The normalized spacial score (nSPS) is 17.9. The van der Waals surface area contributed by atoms with Crippen molar-refractivity contribution in [2.24, 2.45) is 0 Å². The van der Waals surface area contributed by atoms with Crippen LogP contribution >= 0.6 is 11.6 Å². The van der Waals surface area contributed by atoms with Gasteiger partial charge in [0.1, 0.15) is 11.9 Å². The van der Waals surface area contributed by atoms with E-state index in [-0.39, 0.29) is 6.10 Å². The van der Waals surface area contributed by atoms with Crippen molar-refractivity contribution in [3.8, 4) is 5.75 Å². The molecule has 1 fully saturated rings. The summed E-state index contributed by atoms with van der Waals surface area (Å²) in [6.45, 7) is 5.04. The molecule has 2 nitrogen and oxygen atoms in total. The number of nitrogens with one attached hydrogen (secondary N) is 1. The lowest BCUT2D eigenvalue weighted by molar-refractivity contribution is 0.210. The molecule has 0 amide bonds. The second kappa shape index (κ2) is 6.44. The van der Waals surface area contributed by atoms with Crippen LogP contribution < -0.4 is 10.1 Å². The molecule has 1 unspecified atom stereocenters. The fourth-order valence-electron chi connectivity index (χ4n) is 2.47. The van der Waals surface area contributed by atoms with Gasteiger partial charge in [-0.3, -0.25) is 0 Å². The van der Waals surface area contributed by atoms with Gasteiger partial charge in [0.05, 0.1) is 0 Å². The monoisotopic (exact) mass is 267 g/mol. The van der Waals surface area contributed by atoms with Crippen molar-refractivity contribution in [1.82, 2.24) is 5.32 Å². The molecule has 0 radical (unpaired) electrons. The highest BCUT2D eigenvalue weighted by atomic mass is 35.5. The molecule has 3 heteroatoms. The molecule has 1 aliphatic carbocycles. The molecule has 1 aromatic rings. The number of ether oxygens (including phenoxy) is 1. The van der Waals surface area contributed by atoms with E-state index >= 15 is 0 Å². The Morgan fingerprint density at radius 1 is 1.39 bits per heavy atom. The summed E-state index contributed by atoms with van der Waals surface area (Å²) < 4.78 is 5.94. The topological polar surface area (TPSA) is 21.3 Å². The number of aryl methyl sites for hydroxylation is 1. The first-order chi connectivity index (χ1) is 8.65. The van der Waals surface area contributed by atoms with Crippen LogP contribution in [0.1, 0.15) is 38.2 Å². The third-order valence-electron chi connectivity index (χ3n) is 3.51. The zero-order chi connectivity index (χ0) is 13.0. The summed E-state index contributed by atoms with van der Waals surface area (Å²) in [5, 5.41) is 4.34. The van der Waals surface area contributed by atoms with Crippen molar-refractivity contribution < 1.29 is 4.74 Å². The van der Waals surface area contributed by atoms with Gasteiger partial charge in [-0.05, 0) is 50.5 Å². The largest absolute Gasteiger partial charge is 0.489 e. The SMILES string of the molecule is Cc1cc(Cl)ccc1OC(C)CNC1CCCC1. The first-order valence-corrected chi connectivity index (χ1v) is 7.19. The van der Waals surface area contributed by atoms with E-state index in [0.717, 1.165) is 22.9 Å².